The third kappa shape index (κ3) is 9.07. The van der Waals surface area contributed by atoms with E-state index in [-0.39, 0.29) is 35.1 Å². The summed E-state index contributed by atoms with van der Waals surface area (Å²) in [6.07, 6.45) is -10.3. The maximum absolute atomic E-state index is 15.6. The minimum atomic E-state index is -2.51. The molecule has 0 aromatic heterocycles. The number of carbonyl (C=O) groups excluding carboxylic acids is 7. The van der Waals surface area contributed by atoms with Crippen molar-refractivity contribution in [2.24, 2.45) is 16.7 Å². The summed E-state index contributed by atoms with van der Waals surface area (Å²) in [6, 6.07) is 22.6. The molecule has 65 heavy (non-hydrogen) atoms. The van der Waals surface area contributed by atoms with Crippen LogP contribution in [0, 0.1) is 16.7 Å². The molecule has 0 spiro atoms. The maximum atomic E-state index is 15.6. The molecule has 3 aliphatic rings. The minimum Gasteiger partial charge on any atom is -0.462 e. The SMILES string of the molecule is CC(=O)OC[C@]1(OC(C)=O)CC[C@H](O)[C@@]2(C)C(=O)[C@H](OC(C)=O)C3=C(C)[C@@H](OC(=O)[C@H](O)[C@@H](NC(=O)c4ccccc4)c4ccccc4)C[C@@](O)([C@@H](OC(=O)c4ccccc4)[C@H]12)C3(C)C. The molecule has 4 N–H and O–H groups in total. The maximum Gasteiger partial charge on any atom is 0.338 e. The van der Waals surface area contributed by atoms with Crippen LogP contribution in [0.15, 0.2) is 102 Å². The fraction of sp³-hybridized carbons (Fsp3) is 0.449. The van der Waals surface area contributed by atoms with Gasteiger partial charge in [0.05, 0.1) is 29.0 Å². The van der Waals surface area contributed by atoms with Gasteiger partial charge in [0, 0.05) is 38.2 Å². The van der Waals surface area contributed by atoms with E-state index in [1.54, 1.807) is 78.9 Å². The van der Waals surface area contributed by atoms with Gasteiger partial charge in [0.25, 0.3) is 5.91 Å². The standard InChI is InChI=1S/C49H55NO15/c1-27-34(63-45(59)38(55)37(31-17-11-8-12-18-31)50-43(57)32-19-13-9-14-20-32)25-49(60)42(64-44(58)33-21-15-10-16-22-33)40-47(7,41(56)39(62-29(3)52)36(27)46(49,5)6)35(54)23-24-48(40,65-30(4)53)26-61-28(2)51/h8-22,34-35,37-40,42,54-55,60H,23-26H2,1-7H3,(H,50,57)/t34-,35-,37-,38+,39+,40-,42-,47+,48+,49+/m0/s1. The Hall–Kier alpha value is -6.23. The number of ether oxygens (including phenoxy) is 5. The number of hydrogen-bond acceptors (Lipinski definition) is 15. The molecular weight excluding hydrogens is 843 g/mol. The molecule has 3 aromatic rings. The van der Waals surface area contributed by atoms with Gasteiger partial charge in [-0.15, -0.1) is 0 Å². The van der Waals surface area contributed by atoms with Gasteiger partial charge in [0.15, 0.2) is 23.6 Å². The molecule has 3 aromatic carbocycles. The van der Waals surface area contributed by atoms with Crippen molar-refractivity contribution in [3.63, 3.8) is 0 Å². The van der Waals surface area contributed by atoms with Crippen molar-refractivity contribution in [1.82, 2.24) is 5.32 Å². The number of Topliss-reactive ketones (excluding diaryl/α,β-unsaturated/α-hetero) is 1. The number of aliphatic hydroxyl groups is 3. The van der Waals surface area contributed by atoms with Crippen LogP contribution in [-0.2, 0) is 47.7 Å². The average Bonchev–Trinajstić information content (AvgIpc) is 3.27. The van der Waals surface area contributed by atoms with E-state index >= 15 is 4.79 Å². The predicted molar refractivity (Wildman–Crippen MR) is 229 cm³/mol. The fourth-order valence-electron chi connectivity index (χ4n) is 10.1. The lowest BCUT2D eigenvalue weighted by molar-refractivity contribution is -0.269. The second-order valence-electron chi connectivity index (χ2n) is 17.7. The number of carbonyl (C=O) groups is 7. The van der Waals surface area contributed by atoms with E-state index in [0.29, 0.717) is 5.56 Å². The van der Waals surface area contributed by atoms with Crippen molar-refractivity contribution in [2.45, 2.75) is 115 Å². The van der Waals surface area contributed by atoms with Crippen molar-refractivity contribution < 1.29 is 72.6 Å². The van der Waals surface area contributed by atoms with Gasteiger partial charge < -0.3 is 44.3 Å². The smallest absolute Gasteiger partial charge is 0.338 e. The first kappa shape index (κ1) is 48.2. The van der Waals surface area contributed by atoms with Crippen molar-refractivity contribution in [2.75, 3.05) is 6.61 Å². The van der Waals surface area contributed by atoms with Crippen LogP contribution < -0.4 is 5.32 Å². The number of aliphatic hydroxyl groups excluding tert-OH is 2. The van der Waals surface area contributed by atoms with Crippen LogP contribution in [0.5, 0.6) is 0 Å². The van der Waals surface area contributed by atoms with Gasteiger partial charge in [0.2, 0.25) is 0 Å². The summed E-state index contributed by atoms with van der Waals surface area (Å²) in [7, 11) is 0. The first-order valence-corrected chi connectivity index (χ1v) is 21.3. The molecule has 0 heterocycles. The molecule has 3 aliphatic carbocycles. The Bertz CT molecular complexity index is 2350. The molecule has 2 fully saturated rings. The van der Waals surface area contributed by atoms with Gasteiger partial charge in [-0.2, -0.15) is 0 Å². The molecule has 16 nitrogen and oxygen atoms in total. The molecule has 2 bridgehead atoms. The summed E-state index contributed by atoms with van der Waals surface area (Å²) in [5, 5.41) is 40.4. The van der Waals surface area contributed by atoms with E-state index in [9.17, 15) is 44.1 Å². The van der Waals surface area contributed by atoms with Crippen molar-refractivity contribution >= 4 is 41.5 Å². The lowest BCUT2D eigenvalue weighted by Gasteiger charge is -2.63. The normalized spacial score (nSPS) is 29.0. The number of rotatable bonds is 12. The van der Waals surface area contributed by atoms with Crippen LogP contribution in [0.4, 0.5) is 0 Å². The number of fused-ring (bicyclic) bond motifs is 3. The van der Waals surface area contributed by atoms with E-state index in [1.807, 2.05) is 0 Å². The second kappa shape index (κ2) is 18.7. The summed E-state index contributed by atoms with van der Waals surface area (Å²) >= 11 is 0. The number of esters is 5. The average molecular weight is 898 g/mol. The van der Waals surface area contributed by atoms with E-state index in [4.69, 9.17) is 23.7 Å². The first-order chi connectivity index (χ1) is 30.6. The topological polar surface area (TPSA) is 238 Å². The number of benzene rings is 3. The lowest BCUT2D eigenvalue weighted by atomic mass is 9.45. The third-order valence-corrected chi connectivity index (χ3v) is 13.4. The highest BCUT2D eigenvalue weighted by molar-refractivity contribution is 5.96. The van der Waals surface area contributed by atoms with Crippen molar-refractivity contribution in [1.29, 1.82) is 0 Å². The van der Waals surface area contributed by atoms with Crippen LogP contribution in [0.3, 0.4) is 0 Å². The highest BCUT2D eigenvalue weighted by atomic mass is 16.6. The van der Waals surface area contributed by atoms with E-state index in [1.165, 1.54) is 39.8 Å². The Labute approximate surface area is 376 Å². The van der Waals surface area contributed by atoms with Crippen LogP contribution in [0.25, 0.3) is 0 Å². The van der Waals surface area contributed by atoms with Crippen LogP contribution in [0.1, 0.15) is 100 Å². The lowest BCUT2D eigenvalue weighted by Crippen LogP contribution is -2.76. The molecular formula is C49H55NO15. The van der Waals surface area contributed by atoms with Gasteiger partial charge in [-0.3, -0.25) is 24.0 Å². The van der Waals surface area contributed by atoms with E-state index in [0.717, 1.165) is 20.8 Å². The highest BCUT2D eigenvalue weighted by Crippen LogP contribution is 2.62. The summed E-state index contributed by atoms with van der Waals surface area (Å²) in [5.41, 5.74) is -7.93. The molecule has 10 atom stereocenters. The van der Waals surface area contributed by atoms with E-state index in [2.05, 4.69) is 5.32 Å². The van der Waals surface area contributed by atoms with E-state index < -0.39 is 119 Å². The molecule has 0 aliphatic heterocycles. The van der Waals surface area contributed by atoms with Crippen LogP contribution in [0.2, 0.25) is 0 Å². The van der Waals surface area contributed by atoms with Gasteiger partial charge in [0.1, 0.15) is 24.4 Å². The summed E-state index contributed by atoms with van der Waals surface area (Å²) < 4.78 is 29.9. The number of nitrogens with one attached hydrogen (secondary N) is 1. The molecule has 0 radical (unpaired) electrons. The molecule has 6 rings (SSSR count). The summed E-state index contributed by atoms with van der Waals surface area (Å²) in [5.74, 6) is -8.27. The Morgan fingerprint density at radius 1 is 0.785 bits per heavy atom. The largest absolute Gasteiger partial charge is 0.462 e. The minimum absolute atomic E-state index is 0.00886. The van der Waals surface area contributed by atoms with Gasteiger partial charge in [-0.05, 0) is 67.7 Å². The van der Waals surface area contributed by atoms with Crippen molar-refractivity contribution in [3.8, 4) is 0 Å². The zero-order valence-corrected chi connectivity index (χ0v) is 37.3. The Morgan fingerprint density at radius 2 is 1.35 bits per heavy atom. The van der Waals surface area contributed by atoms with Gasteiger partial charge in [-0.1, -0.05) is 80.6 Å². The van der Waals surface area contributed by atoms with Gasteiger partial charge in [-0.25, -0.2) is 9.59 Å². The monoisotopic (exact) mass is 897 g/mol. The fourth-order valence-corrected chi connectivity index (χ4v) is 10.1. The quantitative estimate of drug-likeness (QED) is 0.113. The summed E-state index contributed by atoms with van der Waals surface area (Å²) in [6.45, 7) is 8.34. The zero-order valence-electron chi connectivity index (χ0n) is 37.3. The molecule has 0 unspecified atom stereocenters. The number of hydrogen-bond donors (Lipinski definition) is 4. The summed E-state index contributed by atoms with van der Waals surface area (Å²) in [4.78, 5) is 96.6. The zero-order chi connectivity index (χ0) is 47.6. The highest BCUT2D eigenvalue weighted by Gasteiger charge is 2.74. The van der Waals surface area contributed by atoms with Crippen molar-refractivity contribution in [3.05, 3.63) is 119 Å². The molecule has 346 valence electrons. The van der Waals surface area contributed by atoms with Crippen LogP contribution in [-0.4, -0.2) is 105 Å². The Kier molecular flexibility index (Phi) is 13.9. The first-order valence-electron chi connectivity index (χ1n) is 21.3. The molecule has 2 saturated carbocycles. The molecule has 16 heteroatoms. The number of amides is 1. The third-order valence-electron chi connectivity index (χ3n) is 13.4. The Morgan fingerprint density at radius 3 is 1.91 bits per heavy atom. The van der Waals surface area contributed by atoms with Crippen LogP contribution >= 0.6 is 0 Å². The Balaban J connectivity index is 1.57. The predicted octanol–water partition coefficient (Wildman–Crippen LogP) is 4.29. The second-order valence-corrected chi connectivity index (χ2v) is 17.7. The van der Waals surface area contributed by atoms with Gasteiger partial charge >= 0.3 is 29.8 Å². The molecule has 0 saturated heterocycles. The number of ketones is 1. The molecule has 1 amide bonds.